The highest BCUT2D eigenvalue weighted by Gasteiger charge is 2.09. The van der Waals surface area contributed by atoms with E-state index in [0.717, 1.165) is 24.2 Å². The summed E-state index contributed by atoms with van der Waals surface area (Å²) in [5, 5.41) is 4.56. The molecule has 0 unspecified atom stereocenters. The lowest BCUT2D eigenvalue weighted by Gasteiger charge is -2.05. The van der Waals surface area contributed by atoms with Gasteiger partial charge in [0.25, 0.3) is 0 Å². The van der Waals surface area contributed by atoms with Gasteiger partial charge in [-0.15, -0.1) is 0 Å². The smallest absolute Gasteiger partial charge is 0.123 e. The van der Waals surface area contributed by atoms with Crippen LogP contribution in [-0.2, 0) is 13.0 Å². The number of aryl methyl sites for hydroxylation is 1. The van der Waals surface area contributed by atoms with Gasteiger partial charge in [0.2, 0.25) is 0 Å². The van der Waals surface area contributed by atoms with Crippen LogP contribution in [0.4, 0.5) is 5.82 Å². The van der Waals surface area contributed by atoms with Gasteiger partial charge in [-0.2, -0.15) is 5.10 Å². The average Bonchev–Trinajstić information content (AvgIpc) is 2.54. The fraction of sp³-hybridized carbons (Fsp3) is 0.385. The summed E-state index contributed by atoms with van der Waals surface area (Å²) in [5.41, 5.74) is 10.5. The predicted octanol–water partition coefficient (Wildman–Crippen LogP) is 2.09. The Balaban J connectivity index is 2.30. The van der Waals surface area contributed by atoms with Gasteiger partial charge in [-0.3, -0.25) is 4.68 Å². The molecule has 4 heteroatoms. The highest BCUT2D eigenvalue weighted by atomic mass is 15.3. The Morgan fingerprint density at radius 1 is 1.35 bits per heavy atom. The maximum absolute atomic E-state index is 5.67. The van der Waals surface area contributed by atoms with Gasteiger partial charge in [0.15, 0.2) is 0 Å². The largest absolute Gasteiger partial charge is 0.384 e. The summed E-state index contributed by atoms with van der Waals surface area (Å²) in [6.45, 7) is 7.08. The van der Waals surface area contributed by atoms with Gasteiger partial charge >= 0.3 is 0 Å². The highest BCUT2D eigenvalue weighted by molar-refractivity contribution is 5.32. The van der Waals surface area contributed by atoms with Crippen molar-refractivity contribution in [3.8, 4) is 0 Å². The van der Waals surface area contributed by atoms with Crippen molar-refractivity contribution in [3.63, 3.8) is 0 Å². The Bertz CT molecular complexity index is 528. The fourth-order valence-corrected chi connectivity index (χ4v) is 2.17. The maximum atomic E-state index is 5.67. The summed E-state index contributed by atoms with van der Waals surface area (Å²) in [6, 6.07) is 3.86. The summed E-state index contributed by atoms with van der Waals surface area (Å²) in [7, 11) is 0. The van der Waals surface area contributed by atoms with Crippen LogP contribution in [0.15, 0.2) is 18.3 Å². The lowest BCUT2D eigenvalue weighted by molar-refractivity contribution is 0.658. The normalized spacial score (nSPS) is 10.8. The van der Waals surface area contributed by atoms with Gasteiger partial charge < -0.3 is 5.73 Å². The van der Waals surface area contributed by atoms with Gasteiger partial charge in [0, 0.05) is 11.9 Å². The van der Waals surface area contributed by atoms with Crippen molar-refractivity contribution in [2.24, 2.45) is 0 Å². The van der Waals surface area contributed by atoms with E-state index in [0.29, 0.717) is 5.82 Å². The van der Waals surface area contributed by atoms with Crippen molar-refractivity contribution < 1.29 is 0 Å². The minimum Gasteiger partial charge on any atom is -0.384 e. The molecule has 0 bridgehead atoms. The van der Waals surface area contributed by atoms with Crippen molar-refractivity contribution in [1.29, 1.82) is 0 Å². The molecular formula is C13H18N4. The molecule has 2 N–H and O–H groups in total. The van der Waals surface area contributed by atoms with E-state index < -0.39 is 0 Å². The summed E-state index contributed by atoms with van der Waals surface area (Å²) in [5.74, 6) is 0.555. The minimum atomic E-state index is 0.555. The molecule has 0 saturated heterocycles. The van der Waals surface area contributed by atoms with Crippen LogP contribution in [0.1, 0.15) is 29.4 Å². The number of hydrogen-bond donors (Lipinski definition) is 1. The molecule has 0 aromatic carbocycles. The van der Waals surface area contributed by atoms with E-state index >= 15 is 0 Å². The molecule has 90 valence electrons. The maximum Gasteiger partial charge on any atom is 0.123 e. The number of nitrogens with two attached hydrogens (primary N) is 1. The third-order valence-corrected chi connectivity index (χ3v) is 3.06. The number of pyridine rings is 1. The molecule has 0 radical (unpaired) electrons. The standard InChI is InChI=1S/C13H18N4/c1-4-12-9(2)16-17(10(12)3)8-11-5-6-15-13(14)7-11/h5-7H,4,8H2,1-3H3,(H2,14,15). The minimum absolute atomic E-state index is 0.555. The van der Waals surface area contributed by atoms with Gasteiger partial charge in [0.05, 0.1) is 12.2 Å². The molecule has 0 aliphatic rings. The van der Waals surface area contributed by atoms with Gasteiger partial charge in [-0.05, 0) is 43.5 Å². The number of aromatic nitrogens is 3. The SMILES string of the molecule is CCc1c(C)nn(Cc2ccnc(N)c2)c1C. The first kappa shape index (κ1) is 11.6. The van der Waals surface area contributed by atoms with E-state index in [1.807, 2.05) is 16.8 Å². The quantitative estimate of drug-likeness (QED) is 0.878. The van der Waals surface area contributed by atoms with E-state index in [4.69, 9.17) is 5.73 Å². The number of nitrogens with zero attached hydrogens (tertiary/aromatic N) is 3. The molecule has 2 aromatic rings. The molecule has 4 nitrogen and oxygen atoms in total. The molecule has 2 rings (SSSR count). The Morgan fingerprint density at radius 3 is 2.71 bits per heavy atom. The zero-order valence-electron chi connectivity index (χ0n) is 10.6. The first-order valence-electron chi connectivity index (χ1n) is 5.85. The van der Waals surface area contributed by atoms with Crippen molar-refractivity contribution in [3.05, 3.63) is 40.8 Å². The molecule has 0 aliphatic heterocycles. The van der Waals surface area contributed by atoms with Crippen molar-refractivity contribution in [2.45, 2.75) is 33.7 Å². The number of hydrogen-bond acceptors (Lipinski definition) is 3. The number of nitrogen functional groups attached to an aromatic ring is 1. The van der Waals surface area contributed by atoms with Crippen LogP contribution in [-0.4, -0.2) is 14.8 Å². The molecule has 0 spiro atoms. The first-order valence-corrected chi connectivity index (χ1v) is 5.85. The number of rotatable bonds is 3. The topological polar surface area (TPSA) is 56.7 Å². The first-order chi connectivity index (χ1) is 8.11. The Labute approximate surface area is 101 Å². The van der Waals surface area contributed by atoms with E-state index in [2.05, 4.69) is 30.9 Å². The Morgan fingerprint density at radius 2 is 2.12 bits per heavy atom. The molecule has 0 fully saturated rings. The molecule has 17 heavy (non-hydrogen) atoms. The van der Waals surface area contributed by atoms with Crippen LogP contribution in [0.2, 0.25) is 0 Å². The molecule has 0 saturated carbocycles. The van der Waals surface area contributed by atoms with E-state index in [1.54, 1.807) is 6.20 Å². The molecule has 0 amide bonds. The monoisotopic (exact) mass is 230 g/mol. The van der Waals surface area contributed by atoms with Crippen LogP contribution < -0.4 is 5.73 Å². The van der Waals surface area contributed by atoms with E-state index in [-0.39, 0.29) is 0 Å². The third-order valence-electron chi connectivity index (χ3n) is 3.06. The fourth-order valence-electron chi connectivity index (χ4n) is 2.17. The van der Waals surface area contributed by atoms with E-state index in [9.17, 15) is 0 Å². The summed E-state index contributed by atoms with van der Waals surface area (Å²) < 4.78 is 2.03. The summed E-state index contributed by atoms with van der Waals surface area (Å²) in [6.07, 6.45) is 2.76. The van der Waals surface area contributed by atoms with Crippen LogP contribution in [0.25, 0.3) is 0 Å². The average molecular weight is 230 g/mol. The Hall–Kier alpha value is -1.84. The molecule has 2 aromatic heterocycles. The number of anilines is 1. The second-order valence-electron chi connectivity index (χ2n) is 4.25. The second kappa shape index (κ2) is 4.57. The summed E-state index contributed by atoms with van der Waals surface area (Å²) in [4.78, 5) is 3.99. The molecular weight excluding hydrogens is 212 g/mol. The zero-order valence-corrected chi connectivity index (χ0v) is 10.6. The van der Waals surface area contributed by atoms with E-state index in [1.165, 1.54) is 11.3 Å². The van der Waals surface area contributed by atoms with Crippen LogP contribution in [0.5, 0.6) is 0 Å². The summed E-state index contributed by atoms with van der Waals surface area (Å²) >= 11 is 0. The second-order valence-corrected chi connectivity index (χ2v) is 4.25. The van der Waals surface area contributed by atoms with Crippen molar-refractivity contribution >= 4 is 5.82 Å². The lowest BCUT2D eigenvalue weighted by atomic mass is 10.1. The van der Waals surface area contributed by atoms with Crippen molar-refractivity contribution in [2.75, 3.05) is 5.73 Å². The van der Waals surface area contributed by atoms with Crippen molar-refractivity contribution in [1.82, 2.24) is 14.8 Å². The van der Waals surface area contributed by atoms with Gasteiger partial charge in [-0.1, -0.05) is 6.92 Å². The third kappa shape index (κ3) is 2.30. The molecule has 2 heterocycles. The Kier molecular flexibility index (Phi) is 3.13. The molecule has 0 atom stereocenters. The predicted molar refractivity (Wildman–Crippen MR) is 68.8 cm³/mol. The van der Waals surface area contributed by atoms with Crippen LogP contribution >= 0.6 is 0 Å². The molecule has 0 aliphatic carbocycles. The zero-order chi connectivity index (χ0) is 12.4. The lowest BCUT2D eigenvalue weighted by Crippen LogP contribution is -2.05. The van der Waals surface area contributed by atoms with Gasteiger partial charge in [0.1, 0.15) is 5.82 Å². The van der Waals surface area contributed by atoms with Gasteiger partial charge in [-0.25, -0.2) is 4.98 Å². The highest BCUT2D eigenvalue weighted by Crippen LogP contribution is 2.15. The van der Waals surface area contributed by atoms with Crippen LogP contribution in [0, 0.1) is 13.8 Å². The van der Waals surface area contributed by atoms with Crippen LogP contribution in [0.3, 0.4) is 0 Å².